The summed E-state index contributed by atoms with van der Waals surface area (Å²) in [6.07, 6.45) is 0. The number of fused-ring (bicyclic) bond motifs is 1. The molecular weight excluding hydrogens is 494 g/mol. The number of rotatable bonds is 8. The van der Waals surface area contributed by atoms with E-state index in [0.29, 0.717) is 29.2 Å². The van der Waals surface area contributed by atoms with Crippen molar-refractivity contribution in [3.63, 3.8) is 0 Å². The summed E-state index contributed by atoms with van der Waals surface area (Å²) in [5.41, 5.74) is 4.20. The monoisotopic (exact) mass is 523 g/mol. The first-order valence-corrected chi connectivity index (χ1v) is 13.9. The predicted molar refractivity (Wildman–Crippen MR) is 144 cm³/mol. The first-order chi connectivity index (χ1) is 17.3. The molecule has 0 aliphatic rings. The Hall–Kier alpha value is -3.27. The Balaban J connectivity index is 1.69. The molecular formula is C27H29N3O4S2. The van der Waals surface area contributed by atoms with Gasteiger partial charge in [-0.15, -0.1) is 0 Å². The summed E-state index contributed by atoms with van der Waals surface area (Å²) in [6.45, 7) is 7.22. The lowest BCUT2D eigenvalue weighted by Crippen LogP contribution is -2.30. The standard InChI is InChI=1S/C27H29N3O4S2/c1-5-30(22-9-7-6-8-10-22)36(32,33)23-13-11-21(12-14-23)26(31)28-27-29(15-16-34-4)25-20(3)17-19(2)18-24(25)35-27/h6-14,17-18H,5,15-16H2,1-4H3. The highest BCUT2D eigenvalue weighted by Crippen LogP contribution is 2.25. The molecule has 4 rings (SSSR count). The molecule has 0 fully saturated rings. The van der Waals surface area contributed by atoms with Crippen LogP contribution < -0.4 is 9.11 Å². The minimum atomic E-state index is -3.77. The van der Waals surface area contributed by atoms with Gasteiger partial charge in [0.05, 0.1) is 27.4 Å². The van der Waals surface area contributed by atoms with Crippen LogP contribution in [0.15, 0.2) is 76.6 Å². The number of aromatic nitrogens is 1. The van der Waals surface area contributed by atoms with Crippen LogP contribution in [0.5, 0.6) is 0 Å². The molecule has 0 aliphatic carbocycles. The van der Waals surface area contributed by atoms with E-state index in [1.54, 1.807) is 38.3 Å². The lowest BCUT2D eigenvalue weighted by Gasteiger charge is -2.22. The first-order valence-electron chi connectivity index (χ1n) is 11.6. The van der Waals surface area contributed by atoms with Crippen LogP contribution in [0.3, 0.4) is 0 Å². The number of para-hydroxylation sites is 1. The number of hydrogen-bond donors (Lipinski definition) is 0. The maximum Gasteiger partial charge on any atom is 0.279 e. The van der Waals surface area contributed by atoms with E-state index in [4.69, 9.17) is 4.74 Å². The normalized spacial score (nSPS) is 12.3. The minimum Gasteiger partial charge on any atom is -0.383 e. The predicted octanol–water partition coefficient (Wildman–Crippen LogP) is 4.92. The van der Waals surface area contributed by atoms with Crippen molar-refractivity contribution in [2.24, 2.45) is 4.99 Å². The number of carbonyl (C=O) groups is 1. The summed E-state index contributed by atoms with van der Waals surface area (Å²) < 4.78 is 36.2. The summed E-state index contributed by atoms with van der Waals surface area (Å²) in [6, 6.07) is 19.1. The number of carbonyl (C=O) groups excluding carboxylic acids is 1. The van der Waals surface area contributed by atoms with Crippen LogP contribution in [0.4, 0.5) is 5.69 Å². The molecule has 0 atom stereocenters. The number of nitrogens with zero attached hydrogens (tertiary/aromatic N) is 3. The molecule has 3 aromatic carbocycles. The third kappa shape index (κ3) is 5.13. The summed E-state index contributed by atoms with van der Waals surface area (Å²) in [7, 11) is -2.13. The van der Waals surface area contributed by atoms with Crippen molar-refractivity contribution >= 4 is 43.2 Å². The van der Waals surface area contributed by atoms with Gasteiger partial charge in [0.2, 0.25) is 0 Å². The maximum absolute atomic E-state index is 13.2. The average Bonchev–Trinajstić information content (AvgIpc) is 3.20. The van der Waals surface area contributed by atoms with Crippen LogP contribution in [0.25, 0.3) is 10.2 Å². The van der Waals surface area contributed by atoms with Crippen molar-refractivity contribution in [1.29, 1.82) is 0 Å². The van der Waals surface area contributed by atoms with Crippen molar-refractivity contribution in [2.45, 2.75) is 32.2 Å². The maximum atomic E-state index is 13.2. The average molecular weight is 524 g/mol. The van der Waals surface area contributed by atoms with Gasteiger partial charge in [0.1, 0.15) is 0 Å². The van der Waals surface area contributed by atoms with Crippen molar-refractivity contribution < 1.29 is 17.9 Å². The highest BCUT2D eigenvalue weighted by atomic mass is 32.2. The molecule has 1 aromatic heterocycles. The van der Waals surface area contributed by atoms with E-state index in [2.05, 4.69) is 17.1 Å². The molecule has 9 heteroatoms. The van der Waals surface area contributed by atoms with Crippen LogP contribution in [-0.4, -0.2) is 39.2 Å². The highest BCUT2D eigenvalue weighted by Gasteiger charge is 2.23. The van der Waals surface area contributed by atoms with E-state index in [9.17, 15) is 13.2 Å². The highest BCUT2D eigenvalue weighted by molar-refractivity contribution is 7.92. The van der Waals surface area contributed by atoms with Gasteiger partial charge in [-0.05, 0) is 74.4 Å². The Morgan fingerprint density at radius 1 is 1.06 bits per heavy atom. The molecule has 0 aliphatic heterocycles. The van der Waals surface area contributed by atoms with E-state index in [-0.39, 0.29) is 11.4 Å². The molecule has 188 valence electrons. The smallest absolute Gasteiger partial charge is 0.279 e. The molecule has 0 saturated heterocycles. The lowest BCUT2D eigenvalue weighted by molar-refractivity contribution is 0.0997. The number of aryl methyl sites for hydroxylation is 2. The van der Waals surface area contributed by atoms with Crippen LogP contribution in [-0.2, 0) is 21.3 Å². The second-order valence-electron chi connectivity index (χ2n) is 8.40. The van der Waals surface area contributed by atoms with Crippen molar-refractivity contribution in [1.82, 2.24) is 4.57 Å². The molecule has 0 unspecified atom stereocenters. The number of amides is 1. The van der Waals surface area contributed by atoms with E-state index in [1.165, 1.54) is 39.9 Å². The molecule has 0 spiro atoms. The Morgan fingerprint density at radius 3 is 2.39 bits per heavy atom. The molecule has 0 N–H and O–H groups in total. The SMILES string of the molecule is CCN(c1ccccc1)S(=O)(=O)c1ccc(C(=O)N=c2sc3cc(C)cc(C)c3n2CCOC)cc1. The summed E-state index contributed by atoms with van der Waals surface area (Å²) >= 11 is 1.45. The third-order valence-electron chi connectivity index (χ3n) is 5.85. The fourth-order valence-corrected chi connectivity index (χ4v) is 6.91. The van der Waals surface area contributed by atoms with Gasteiger partial charge < -0.3 is 9.30 Å². The van der Waals surface area contributed by atoms with E-state index in [0.717, 1.165) is 21.3 Å². The number of benzene rings is 3. The Bertz CT molecular complexity index is 1550. The zero-order valence-electron chi connectivity index (χ0n) is 20.8. The van der Waals surface area contributed by atoms with E-state index >= 15 is 0 Å². The molecule has 0 bridgehead atoms. The summed E-state index contributed by atoms with van der Waals surface area (Å²) in [5, 5.41) is 0. The van der Waals surface area contributed by atoms with Gasteiger partial charge in [0, 0.05) is 25.8 Å². The molecule has 1 heterocycles. The zero-order valence-corrected chi connectivity index (χ0v) is 22.4. The molecule has 4 aromatic rings. The topological polar surface area (TPSA) is 81.0 Å². The van der Waals surface area contributed by atoms with Gasteiger partial charge in [-0.2, -0.15) is 4.99 Å². The van der Waals surface area contributed by atoms with Crippen molar-refractivity contribution in [3.05, 3.63) is 88.2 Å². The number of ether oxygens (including phenoxy) is 1. The van der Waals surface area contributed by atoms with Crippen LogP contribution in [0.2, 0.25) is 0 Å². The third-order valence-corrected chi connectivity index (χ3v) is 8.79. The van der Waals surface area contributed by atoms with E-state index < -0.39 is 15.9 Å². The minimum absolute atomic E-state index is 0.118. The van der Waals surface area contributed by atoms with Gasteiger partial charge in [0.15, 0.2) is 4.80 Å². The van der Waals surface area contributed by atoms with Crippen LogP contribution >= 0.6 is 11.3 Å². The van der Waals surface area contributed by atoms with Crippen molar-refractivity contribution in [3.8, 4) is 0 Å². The number of thiazole rings is 1. The molecule has 0 saturated carbocycles. The zero-order chi connectivity index (χ0) is 25.9. The second kappa shape index (κ2) is 10.8. The summed E-state index contributed by atoms with van der Waals surface area (Å²) in [5.74, 6) is -0.429. The quantitative estimate of drug-likeness (QED) is 0.328. The number of anilines is 1. The Kier molecular flexibility index (Phi) is 7.73. The number of sulfonamides is 1. The van der Waals surface area contributed by atoms with Gasteiger partial charge in [-0.1, -0.05) is 35.6 Å². The molecule has 1 amide bonds. The van der Waals surface area contributed by atoms with Crippen molar-refractivity contribution in [2.75, 3.05) is 24.6 Å². The van der Waals surface area contributed by atoms with Gasteiger partial charge >= 0.3 is 0 Å². The van der Waals surface area contributed by atoms with E-state index in [1.807, 2.05) is 24.5 Å². The number of hydrogen-bond acceptors (Lipinski definition) is 5. The largest absolute Gasteiger partial charge is 0.383 e. The molecule has 7 nitrogen and oxygen atoms in total. The Labute approximate surface area is 215 Å². The van der Waals surface area contributed by atoms with Crippen LogP contribution in [0.1, 0.15) is 28.4 Å². The first kappa shape index (κ1) is 25.8. The second-order valence-corrected chi connectivity index (χ2v) is 11.3. The van der Waals surface area contributed by atoms with Gasteiger partial charge in [-0.3, -0.25) is 9.10 Å². The Morgan fingerprint density at radius 2 is 1.75 bits per heavy atom. The fraction of sp³-hybridized carbons (Fsp3) is 0.259. The number of methoxy groups -OCH3 is 1. The summed E-state index contributed by atoms with van der Waals surface area (Å²) in [4.78, 5) is 18.2. The van der Waals surface area contributed by atoms with Crippen LogP contribution in [0, 0.1) is 13.8 Å². The fourth-order valence-electron chi connectivity index (χ4n) is 4.20. The molecule has 0 radical (unpaired) electrons. The molecule has 36 heavy (non-hydrogen) atoms. The van der Waals surface area contributed by atoms with Gasteiger partial charge in [-0.25, -0.2) is 8.42 Å². The van der Waals surface area contributed by atoms with Gasteiger partial charge in [0.25, 0.3) is 15.9 Å². The lowest BCUT2D eigenvalue weighted by atomic mass is 10.1.